The average Bonchev–Trinajstić information content (AvgIpc) is 2.75. The van der Waals surface area contributed by atoms with Crippen LogP contribution in [0.3, 0.4) is 0 Å². The van der Waals surface area contributed by atoms with Crippen molar-refractivity contribution in [1.29, 1.82) is 0 Å². The highest BCUT2D eigenvalue weighted by Crippen LogP contribution is 2.26. The van der Waals surface area contributed by atoms with Crippen LogP contribution < -0.4 is 11.1 Å². The van der Waals surface area contributed by atoms with E-state index in [0.29, 0.717) is 22.4 Å². The fourth-order valence-corrected chi connectivity index (χ4v) is 2.96. The molecule has 0 saturated carbocycles. The number of carbonyl (C=O) groups is 1. The molecular weight excluding hydrogens is 248 g/mol. The van der Waals surface area contributed by atoms with E-state index < -0.39 is 0 Å². The lowest BCUT2D eigenvalue weighted by atomic mass is 10.2. The molecule has 1 heterocycles. The van der Waals surface area contributed by atoms with Gasteiger partial charge in [0.2, 0.25) is 5.91 Å². The van der Waals surface area contributed by atoms with Gasteiger partial charge in [0, 0.05) is 11.9 Å². The first-order valence-corrected chi connectivity index (χ1v) is 7.09. The molecule has 0 aromatic heterocycles. The molecule has 1 aliphatic heterocycles. The molecule has 98 valence electrons. The second-order valence-electron chi connectivity index (χ2n) is 4.35. The van der Waals surface area contributed by atoms with E-state index in [9.17, 15) is 4.79 Å². The minimum absolute atomic E-state index is 0.0167. The molecule has 1 aromatic carbocycles. The predicted molar refractivity (Wildman–Crippen MR) is 75.8 cm³/mol. The summed E-state index contributed by atoms with van der Waals surface area (Å²) in [7, 11) is 0. The fourth-order valence-electron chi connectivity index (χ4n) is 1.91. The van der Waals surface area contributed by atoms with E-state index in [-0.39, 0.29) is 12.0 Å². The van der Waals surface area contributed by atoms with Crippen LogP contribution >= 0.6 is 11.8 Å². The van der Waals surface area contributed by atoms with Crippen LogP contribution in [0.1, 0.15) is 13.3 Å². The van der Waals surface area contributed by atoms with Crippen molar-refractivity contribution in [1.82, 2.24) is 0 Å². The standard InChI is InChI=1S/C13H18N2O2S/c1-9-12(6-7-17-9)18-8-13(16)15-11-5-3-2-4-10(11)14/h2-5,9,12H,6-8,14H2,1H3,(H,15,16). The number of nitrogen functional groups attached to an aromatic ring is 1. The second-order valence-corrected chi connectivity index (χ2v) is 5.58. The molecule has 18 heavy (non-hydrogen) atoms. The number of amides is 1. The number of hydrogen-bond donors (Lipinski definition) is 2. The number of anilines is 2. The molecule has 4 nitrogen and oxygen atoms in total. The lowest BCUT2D eigenvalue weighted by Gasteiger charge is -2.13. The zero-order valence-electron chi connectivity index (χ0n) is 10.4. The van der Waals surface area contributed by atoms with Gasteiger partial charge in [-0.25, -0.2) is 0 Å². The molecule has 0 radical (unpaired) electrons. The number of carbonyl (C=O) groups excluding carboxylic acids is 1. The van der Waals surface area contributed by atoms with Crippen molar-refractivity contribution in [3.05, 3.63) is 24.3 Å². The summed E-state index contributed by atoms with van der Waals surface area (Å²) in [5.41, 5.74) is 7.04. The maximum Gasteiger partial charge on any atom is 0.234 e. The minimum Gasteiger partial charge on any atom is -0.397 e. The SMILES string of the molecule is CC1OCCC1SCC(=O)Nc1ccccc1N. The molecule has 0 spiro atoms. The van der Waals surface area contributed by atoms with Crippen LogP contribution in [0.2, 0.25) is 0 Å². The Hall–Kier alpha value is -1.20. The monoisotopic (exact) mass is 266 g/mol. The van der Waals surface area contributed by atoms with Crippen molar-refractivity contribution in [3.8, 4) is 0 Å². The molecule has 1 aromatic rings. The van der Waals surface area contributed by atoms with Gasteiger partial charge in [0.05, 0.1) is 23.2 Å². The van der Waals surface area contributed by atoms with Crippen molar-refractivity contribution in [2.75, 3.05) is 23.4 Å². The van der Waals surface area contributed by atoms with Crippen LogP contribution in [0, 0.1) is 0 Å². The molecule has 1 fully saturated rings. The van der Waals surface area contributed by atoms with E-state index in [0.717, 1.165) is 13.0 Å². The minimum atomic E-state index is -0.0167. The maximum atomic E-state index is 11.8. The van der Waals surface area contributed by atoms with Gasteiger partial charge in [-0.3, -0.25) is 4.79 Å². The smallest absolute Gasteiger partial charge is 0.234 e. The number of para-hydroxylation sites is 2. The third kappa shape index (κ3) is 3.40. The molecule has 3 N–H and O–H groups in total. The number of nitrogens with one attached hydrogen (secondary N) is 1. The molecule has 2 unspecified atom stereocenters. The number of hydrogen-bond acceptors (Lipinski definition) is 4. The van der Waals surface area contributed by atoms with E-state index in [1.165, 1.54) is 0 Å². The molecular formula is C13H18N2O2S. The van der Waals surface area contributed by atoms with Crippen LogP contribution in [-0.4, -0.2) is 29.6 Å². The molecule has 2 atom stereocenters. The van der Waals surface area contributed by atoms with Crippen LogP contribution in [-0.2, 0) is 9.53 Å². The third-order valence-corrected chi connectivity index (χ3v) is 4.45. The normalized spacial score (nSPS) is 22.9. The summed E-state index contributed by atoms with van der Waals surface area (Å²) < 4.78 is 5.46. The third-order valence-electron chi connectivity index (χ3n) is 2.97. The number of rotatable bonds is 4. The van der Waals surface area contributed by atoms with Crippen molar-refractivity contribution >= 4 is 29.0 Å². The van der Waals surface area contributed by atoms with Gasteiger partial charge in [-0.2, -0.15) is 0 Å². The van der Waals surface area contributed by atoms with E-state index in [1.54, 1.807) is 23.9 Å². The summed E-state index contributed by atoms with van der Waals surface area (Å²) in [6.07, 6.45) is 1.26. The van der Waals surface area contributed by atoms with Gasteiger partial charge in [-0.15, -0.1) is 11.8 Å². The zero-order valence-corrected chi connectivity index (χ0v) is 11.2. The van der Waals surface area contributed by atoms with Gasteiger partial charge in [0.15, 0.2) is 0 Å². The highest BCUT2D eigenvalue weighted by atomic mass is 32.2. The van der Waals surface area contributed by atoms with Crippen molar-refractivity contribution < 1.29 is 9.53 Å². The van der Waals surface area contributed by atoms with Gasteiger partial charge >= 0.3 is 0 Å². The highest BCUT2D eigenvalue weighted by molar-refractivity contribution is 8.00. The molecule has 2 rings (SSSR count). The summed E-state index contributed by atoms with van der Waals surface area (Å²) in [4.78, 5) is 11.8. The maximum absolute atomic E-state index is 11.8. The van der Waals surface area contributed by atoms with Crippen molar-refractivity contribution in [2.45, 2.75) is 24.7 Å². The van der Waals surface area contributed by atoms with Crippen LogP contribution in [0.5, 0.6) is 0 Å². The van der Waals surface area contributed by atoms with Gasteiger partial charge in [-0.1, -0.05) is 12.1 Å². The van der Waals surface area contributed by atoms with E-state index in [2.05, 4.69) is 12.2 Å². The topological polar surface area (TPSA) is 64.3 Å². The van der Waals surface area contributed by atoms with Crippen molar-refractivity contribution in [3.63, 3.8) is 0 Å². The molecule has 0 aliphatic carbocycles. The zero-order chi connectivity index (χ0) is 13.0. The number of ether oxygens (including phenoxy) is 1. The highest BCUT2D eigenvalue weighted by Gasteiger charge is 2.25. The molecule has 5 heteroatoms. The number of nitrogens with two attached hydrogens (primary N) is 1. The van der Waals surface area contributed by atoms with Crippen LogP contribution in [0.15, 0.2) is 24.3 Å². The Balaban J connectivity index is 1.80. The lowest BCUT2D eigenvalue weighted by molar-refractivity contribution is -0.113. The first kappa shape index (κ1) is 13.2. The molecule has 1 saturated heterocycles. The first-order chi connectivity index (χ1) is 8.66. The van der Waals surface area contributed by atoms with Crippen LogP contribution in [0.4, 0.5) is 11.4 Å². The summed E-state index contributed by atoms with van der Waals surface area (Å²) in [5, 5.41) is 3.24. The van der Waals surface area contributed by atoms with Gasteiger partial charge in [0.25, 0.3) is 0 Å². The van der Waals surface area contributed by atoms with Gasteiger partial charge in [0.1, 0.15) is 0 Å². The summed E-state index contributed by atoms with van der Waals surface area (Å²) in [6.45, 7) is 2.85. The number of thioether (sulfide) groups is 1. The number of benzene rings is 1. The van der Waals surface area contributed by atoms with Gasteiger partial charge < -0.3 is 15.8 Å². The predicted octanol–water partition coefficient (Wildman–Crippen LogP) is 2.12. The van der Waals surface area contributed by atoms with Crippen molar-refractivity contribution in [2.24, 2.45) is 0 Å². The average molecular weight is 266 g/mol. The summed E-state index contributed by atoms with van der Waals surface area (Å²) in [6, 6.07) is 7.28. The quantitative estimate of drug-likeness (QED) is 0.819. The summed E-state index contributed by atoms with van der Waals surface area (Å²) in [5.74, 6) is 0.421. The fraction of sp³-hybridized carbons (Fsp3) is 0.462. The van der Waals surface area contributed by atoms with E-state index in [4.69, 9.17) is 10.5 Å². The Labute approximate surface area is 111 Å². The Morgan fingerprint density at radius 1 is 1.56 bits per heavy atom. The molecule has 1 amide bonds. The van der Waals surface area contributed by atoms with E-state index in [1.807, 2.05) is 12.1 Å². The first-order valence-electron chi connectivity index (χ1n) is 6.04. The lowest BCUT2D eigenvalue weighted by Crippen LogP contribution is -2.20. The Morgan fingerprint density at radius 2 is 2.33 bits per heavy atom. The molecule has 1 aliphatic rings. The van der Waals surface area contributed by atoms with Gasteiger partial charge in [-0.05, 0) is 25.5 Å². The second kappa shape index (κ2) is 6.11. The Kier molecular flexibility index (Phi) is 4.49. The Bertz CT molecular complexity index is 425. The van der Waals surface area contributed by atoms with E-state index >= 15 is 0 Å². The Morgan fingerprint density at radius 3 is 3.00 bits per heavy atom. The molecule has 0 bridgehead atoms. The summed E-state index contributed by atoms with van der Waals surface area (Å²) >= 11 is 1.65. The largest absolute Gasteiger partial charge is 0.397 e. The van der Waals surface area contributed by atoms with Crippen LogP contribution in [0.25, 0.3) is 0 Å².